The van der Waals surface area contributed by atoms with E-state index in [-0.39, 0.29) is 18.6 Å². The maximum atomic E-state index is 12.8. The lowest BCUT2D eigenvalue weighted by atomic mass is 10.1. The van der Waals surface area contributed by atoms with E-state index in [1.54, 1.807) is 24.4 Å². The number of amides is 1. The number of piperazine rings is 1. The Balaban J connectivity index is 1.56. The van der Waals surface area contributed by atoms with Gasteiger partial charge in [0.2, 0.25) is 5.91 Å². The highest BCUT2D eigenvalue weighted by Gasteiger charge is 2.33. The second kappa shape index (κ2) is 11.4. The Morgan fingerprint density at radius 3 is 2.89 bits per heavy atom. The SMILES string of the molecule is C=Cc1ccnc(Nc2cc(N)c(N3CCN(C(=O)/C=C/CCO)[C@H](CCC)C3)nc2C2CC2)c1. The topological polar surface area (TPSA) is 108 Å². The third-order valence-electron chi connectivity index (χ3n) is 6.55. The molecule has 0 spiro atoms. The molecule has 8 heteroatoms. The number of rotatable bonds is 10. The molecule has 0 bridgehead atoms. The number of nitrogens with two attached hydrogens (primary N) is 1. The zero-order valence-electron chi connectivity index (χ0n) is 20.5. The second-order valence-corrected chi connectivity index (χ2v) is 9.25. The van der Waals surface area contributed by atoms with Crippen LogP contribution in [0.3, 0.4) is 0 Å². The van der Waals surface area contributed by atoms with E-state index in [9.17, 15) is 4.79 Å². The van der Waals surface area contributed by atoms with E-state index in [1.807, 2.05) is 23.1 Å². The highest BCUT2D eigenvalue weighted by Crippen LogP contribution is 2.45. The molecule has 1 aliphatic carbocycles. The van der Waals surface area contributed by atoms with Crippen molar-refractivity contribution in [2.24, 2.45) is 0 Å². The average Bonchev–Trinajstić information content (AvgIpc) is 3.70. The fourth-order valence-electron chi connectivity index (χ4n) is 4.61. The molecular formula is C27H36N6O2. The monoisotopic (exact) mass is 476 g/mol. The van der Waals surface area contributed by atoms with Crippen LogP contribution in [0.25, 0.3) is 6.08 Å². The summed E-state index contributed by atoms with van der Waals surface area (Å²) in [5, 5.41) is 12.4. The Kier molecular flexibility index (Phi) is 8.02. The number of aliphatic hydroxyl groups is 1. The minimum atomic E-state index is 0.00459. The van der Waals surface area contributed by atoms with Crippen LogP contribution in [-0.4, -0.2) is 58.2 Å². The molecule has 186 valence electrons. The van der Waals surface area contributed by atoms with Crippen molar-refractivity contribution in [1.29, 1.82) is 0 Å². The Bertz CT molecular complexity index is 1080. The van der Waals surface area contributed by atoms with E-state index in [0.29, 0.717) is 37.7 Å². The van der Waals surface area contributed by atoms with Crippen molar-refractivity contribution in [1.82, 2.24) is 14.9 Å². The molecule has 1 amide bonds. The molecule has 2 aromatic heterocycles. The molecule has 3 heterocycles. The second-order valence-electron chi connectivity index (χ2n) is 9.25. The van der Waals surface area contributed by atoms with Crippen LogP contribution in [0.15, 0.2) is 43.1 Å². The molecule has 4 rings (SSSR count). The van der Waals surface area contributed by atoms with Crippen LogP contribution in [0.5, 0.6) is 0 Å². The van der Waals surface area contributed by atoms with Crippen LogP contribution in [0.2, 0.25) is 0 Å². The van der Waals surface area contributed by atoms with Crippen molar-refractivity contribution in [2.45, 2.75) is 51.0 Å². The largest absolute Gasteiger partial charge is 0.396 e. The van der Waals surface area contributed by atoms with Gasteiger partial charge in [-0.3, -0.25) is 4.79 Å². The number of hydrogen-bond donors (Lipinski definition) is 3. The summed E-state index contributed by atoms with van der Waals surface area (Å²) in [7, 11) is 0. The molecule has 0 unspecified atom stereocenters. The molecule has 0 radical (unpaired) electrons. The van der Waals surface area contributed by atoms with Gasteiger partial charge in [0.05, 0.1) is 17.1 Å². The molecule has 0 aromatic carbocycles. The summed E-state index contributed by atoms with van der Waals surface area (Å²) in [4.78, 5) is 26.4. The molecule has 2 aliphatic rings. The molecule has 2 fully saturated rings. The summed E-state index contributed by atoms with van der Waals surface area (Å²) in [6.45, 7) is 8.01. The van der Waals surface area contributed by atoms with Crippen LogP contribution >= 0.6 is 0 Å². The predicted molar refractivity (Wildman–Crippen MR) is 142 cm³/mol. The van der Waals surface area contributed by atoms with Gasteiger partial charge >= 0.3 is 0 Å². The molecule has 1 atom stereocenters. The van der Waals surface area contributed by atoms with Crippen molar-refractivity contribution in [3.63, 3.8) is 0 Å². The molecule has 4 N–H and O–H groups in total. The van der Waals surface area contributed by atoms with Gasteiger partial charge in [0, 0.05) is 44.4 Å². The Morgan fingerprint density at radius 1 is 1.34 bits per heavy atom. The van der Waals surface area contributed by atoms with Gasteiger partial charge in [-0.1, -0.05) is 32.1 Å². The van der Waals surface area contributed by atoms with Crippen molar-refractivity contribution in [3.05, 3.63) is 54.4 Å². The fraction of sp³-hybridized carbons (Fsp3) is 0.444. The zero-order valence-corrected chi connectivity index (χ0v) is 20.5. The maximum Gasteiger partial charge on any atom is 0.246 e. The number of aliphatic hydroxyl groups excluding tert-OH is 1. The van der Waals surface area contributed by atoms with Gasteiger partial charge in [0.1, 0.15) is 5.82 Å². The molecular weight excluding hydrogens is 440 g/mol. The van der Waals surface area contributed by atoms with Crippen molar-refractivity contribution < 1.29 is 9.90 Å². The molecule has 1 aliphatic heterocycles. The van der Waals surface area contributed by atoms with E-state index in [1.165, 1.54) is 0 Å². The maximum absolute atomic E-state index is 12.8. The van der Waals surface area contributed by atoms with Gasteiger partial charge in [-0.15, -0.1) is 0 Å². The van der Waals surface area contributed by atoms with Crippen molar-refractivity contribution >= 4 is 35.0 Å². The van der Waals surface area contributed by atoms with Crippen LogP contribution in [0, 0.1) is 0 Å². The van der Waals surface area contributed by atoms with Gasteiger partial charge in [-0.25, -0.2) is 9.97 Å². The quantitative estimate of drug-likeness (QED) is 0.444. The van der Waals surface area contributed by atoms with E-state index in [0.717, 1.165) is 54.3 Å². The number of hydrogen-bond acceptors (Lipinski definition) is 7. The summed E-state index contributed by atoms with van der Waals surface area (Å²) in [6, 6.07) is 5.93. The third kappa shape index (κ3) is 6.00. The number of nitrogens with one attached hydrogen (secondary N) is 1. The number of nitrogen functional groups attached to an aromatic ring is 1. The molecule has 8 nitrogen and oxygen atoms in total. The lowest BCUT2D eigenvalue weighted by Crippen LogP contribution is -2.55. The first-order chi connectivity index (χ1) is 17.0. The number of anilines is 4. The number of carbonyl (C=O) groups is 1. The highest BCUT2D eigenvalue weighted by molar-refractivity contribution is 5.88. The molecule has 1 saturated carbocycles. The predicted octanol–water partition coefficient (Wildman–Crippen LogP) is 4.08. The van der Waals surface area contributed by atoms with Crippen LogP contribution < -0.4 is 16.0 Å². The summed E-state index contributed by atoms with van der Waals surface area (Å²) in [6.07, 6.45) is 11.5. The Labute approximate surface area is 207 Å². The lowest BCUT2D eigenvalue weighted by molar-refractivity contribution is -0.128. The fourth-order valence-corrected chi connectivity index (χ4v) is 4.61. The van der Waals surface area contributed by atoms with Gasteiger partial charge in [-0.2, -0.15) is 0 Å². The third-order valence-corrected chi connectivity index (χ3v) is 6.55. The number of pyridine rings is 2. The van der Waals surface area contributed by atoms with Crippen molar-refractivity contribution in [3.8, 4) is 0 Å². The number of carbonyl (C=O) groups excluding carboxylic acids is 1. The lowest BCUT2D eigenvalue weighted by Gasteiger charge is -2.42. The summed E-state index contributed by atoms with van der Waals surface area (Å²) >= 11 is 0. The van der Waals surface area contributed by atoms with Crippen molar-refractivity contribution in [2.75, 3.05) is 42.2 Å². The molecule has 2 aromatic rings. The van der Waals surface area contributed by atoms with Crippen LogP contribution in [0.4, 0.5) is 23.0 Å². The Hall–Kier alpha value is -3.39. The normalized spacial score (nSPS) is 18.2. The first kappa shape index (κ1) is 24.7. The molecule has 35 heavy (non-hydrogen) atoms. The highest BCUT2D eigenvalue weighted by atomic mass is 16.2. The van der Waals surface area contributed by atoms with E-state index < -0.39 is 0 Å². The Morgan fingerprint density at radius 2 is 2.17 bits per heavy atom. The number of aromatic nitrogens is 2. The summed E-state index contributed by atoms with van der Waals surface area (Å²) < 4.78 is 0. The van der Waals surface area contributed by atoms with E-state index >= 15 is 0 Å². The minimum Gasteiger partial charge on any atom is -0.396 e. The smallest absolute Gasteiger partial charge is 0.246 e. The van der Waals surface area contributed by atoms with Crippen LogP contribution in [0.1, 0.15) is 56.2 Å². The average molecular weight is 477 g/mol. The summed E-state index contributed by atoms with van der Waals surface area (Å²) in [5.74, 6) is 1.97. The van der Waals surface area contributed by atoms with Gasteiger partial charge in [0.25, 0.3) is 0 Å². The number of nitrogens with zero attached hydrogens (tertiary/aromatic N) is 4. The van der Waals surface area contributed by atoms with Gasteiger partial charge in [0.15, 0.2) is 5.82 Å². The molecule has 1 saturated heterocycles. The van der Waals surface area contributed by atoms with Crippen LogP contribution in [-0.2, 0) is 4.79 Å². The first-order valence-electron chi connectivity index (χ1n) is 12.5. The van der Waals surface area contributed by atoms with E-state index in [4.69, 9.17) is 15.8 Å². The van der Waals surface area contributed by atoms with Gasteiger partial charge in [-0.05, 0) is 55.5 Å². The standard InChI is InChI=1S/C27H36N6O2/c1-3-7-21-18-32(13-14-33(21)25(35)8-5-6-15-34)27-22(28)17-23(26(31-27)20-9-10-20)30-24-16-19(4-2)11-12-29-24/h4-5,8,11-12,16-17,20-21,34H,2-3,6-7,9-10,13-15,18,28H2,1H3,(H,29,30)/b8-5+/t21-/m1/s1. The van der Waals surface area contributed by atoms with Gasteiger partial charge < -0.3 is 26.0 Å². The summed E-state index contributed by atoms with van der Waals surface area (Å²) in [5.41, 5.74) is 10.1. The first-order valence-corrected chi connectivity index (χ1v) is 12.5. The zero-order chi connectivity index (χ0) is 24.8. The minimum absolute atomic E-state index is 0.00459. The van der Waals surface area contributed by atoms with E-state index in [2.05, 4.69) is 28.7 Å².